The molecule has 1 aliphatic carbocycles. The molecule has 0 radical (unpaired) electrons. The second kappa shape index (κ2) is 5.83. The topological polar surface area (TPSA) is 27.7 Å². The van der Waals surface area contributed by atoms with Gasteiger partial charge < -0.3 is 14.2 Å². The van der Waals surface area contributed by atoms with Gasteiger partial charge in [-0.05, 0) is 30.0 Å². The van der Waals surface area contributed by atoms with Crippen molar-refractivity contribution in [2.75, 3.05) is 6.61 Å². The van der Waals surface area contributed by atoms with E-state index >= 15 is 0 Å². The van der Waals surface area contributed by atoms with Gasteiger partial charge in [-0.2, -0.15) is 0 Å². The highest BCUT2D eigenvalue weighted by Gasteiger charge is 2.56. The van der Waals surface area contributed by atoms with Crippen molar-refractivity contribution in [3.63, 3.8) is 0 Å². The Morgan fingerprint density at radius 2 is 1.74 bits per heavy atom. The van der Waals surface area contributed by atoms with E-state index in [1.54, 1.807) is 0 Å². The highest BCUT2D eigenvalue weighted by Crippen LogP contribution is 2.57. The lowest BCUT2D eigenvalue weighted by Crippen LogP contribution is -2.43. The first kappa shape index (κ1) is 16.1. The van der Waals surface area contributed by atoms with Crippen LogP contribution in [-0.4, -0.2) is 12.4 Å². The summed E-state index contributed by atoms with van der Waals surface area (Å²) in [4.78, 5) is 0. The van der Waals surface area contributed by atoms with Gasteiger partial charge in [0.05, 0.1) is 18.8 Å². The van der Waals surface area contributed by atoms with Crippen molar-refractivity contribution in [3.05, 3.63) is 65.2 Å². The van der Waals surface area contributed by atoms with E-state index in [1.165, 1.54) is 42.4 Å². The first-order valence-corrected chi connectivity index (χ1v) is 10.4. The maximum Gasteiger partial charge on any atom is 0.214 e. The molecule has 0 bridgehead atoms. The van der Waals surface area contributed by atoms with E-state index in [2.05, 4.69) is 48.5 Å². The van der Waals surface area contributed by atoms with Crippen LogP contribution in [0.4, 0.5) is 0 Å². The maximum atomic E-state index is 6.66. The van der Waals surface area contributed by atoms with Gasteiger partial charge in [0.15, 0.2) is 0 Å². The molecule has 1 saturated heterocycles. The van der Waals surface area contributed by atoms with E-state index in [9.17, 15) is 0 Å². The van der Waals surface area contributed by atoms with Gasteiger partial charge in [0, 0.05) is 30.2 Å². The van der Waals surface area contributed by atoms with Gasteiger partial charge in [0.2, 0.25) is 5.79 Å². The molecule has 27 heavy (non-hydrogen) atoms. The third-order valence-electron chi connectivity index (χ3n) is 7.13. The van der Waals surface area contributed by atoms with Gasteiger partial charge in [-0.25, -0.2) is 0 Å². The van der Waals surface area contributed by atoms with Gasteiger partial charge >= 0.3 is 0 Å². The average Bonchev–Trinajstić information content (AvgIpc) is 3.29. The summed E-state index contributed by atoms with van der Waals surface area (Å²) >= 11 is 0. The predicted molar refractivity (Wildman–Crippen MR) is 103 cm³/mol. The molecular weight excluding hydrogens is 336 g/mol. The predicted octanol–water partition coefficient (Wildman–Crippen LogP) is 5.50. The van der Waals surface area contributed by atoms with Gasteiger partial charge in [-0.1, -0.05) is 55.3 Å². The molecule has 3 atom stereocenters. The van der Waals surface area contributed by atoms with Crippen LogP contribution in [-0.2, 0) is 15.9 Å². The van der Waals surface area contributed by atoms with Gasteiger partial charge in [-0.3, -0.25) is 0 Å². The molecule has 140 valence electrons. The Labute approximate surface area is 160 Å². The summed E-state index contributed by atoms with van der Waals surface area (Å²) in [5.41, 5.74) is 4.21. The lowest BCUT2D eigenvalue weighted by atomic mass is 9.79. The highest BCUT2D eigenvalue weighted by atomic mass is 16.7. The second-order valence-corrected chi connectivity index (χ2v) is 8.95. The molecular formula is C24H26O3. The largest absolute Gasteiger partial charge is 0.462 e. The molecule has 2 fully saturated rings. The fourth-order valence-corrected chi connectivity index (χ4v) is 5.88. The third kappa shape index (κ3) is 2.55. The first-order chi connectivity index (χ1) is 13.2. The lowest BCUT2D eigenvalue weighted by Gasteiger charge is -2.43. The summed E-state index contributed by atoms with van der Waals surface area (Å²) in [6.07, 6.45) is 8.11. The van der Waals surface area contributed by atoms with Crippen molar-refractivity contribution in [2.24, 2.45) is 5.41 Å². The van der Waals surface area contributed by atoms with Crippen LogP contribution in [0.2, 0.25) is 0 Å². The van der Waals surface area contributed by atoms with Crippen LogP contribution in [0.5, 0.6) is 5.75 Å². The Morgan fingerprint density at radius 3 is 2.59 bits per heavy atom. The standard InChI is InChI=1S/C24H26O3/c1-2-7-17(8-3-1)20-13-18-9-6-10-19-22(18)21(26-20)14-24(27-19)15-23(16-25-24)11-4-5-12-23/h1-3,6-10,20-21H,4-5,11-16H2. The van der Waals surface area contributed by atoms with Crippen LogP contribution >= 0.6 is 0 Å². The zero-order valence-corrected chi connectivity index (χ0v) is 15.7. The van der Waals surface area contributed by atoms with Crippen molar-refractivity contribution in [3.8, 4) is 5.75 Å². The van der Waals surface area contributed by atoms with Crippen molar-refractivity contribution < 1.29 is 14.2 Å². The van der Waals surface area contributed by atoms with Crippen molar-refractivity contribution in [1.82, 2.24) is 0 Å². The molecule has 3 aliphatic heterocycles. The van der Waals surface area contributed by atoms with Crippen molar-refractivity contribution in [2.45, 2.75) is 62.9 Å². The molecule has 6 rings (SSSR count). The molecule has 2 aromatic carbocycles. The first-order valence-electron chi connectivity index (χ1n) is 10.4. The normalized spacial score (nSPS) is 33.2. The molecule has 2 spiro atoms. The second-order valence-electron chi connectivity index (χ2n) is 8.95. The van der Waals surface area contributed by atoms with Crippen LogP contribution in [0.1, 0.15) is 67.4 Å². The smallest absolute Gasteiger partial charge is 0.214 e. The molecule has 3 nitrogen and oxygen atoms in total. The summed E-state index contributed by atoms with van der Waals surface area (Å²) in [5, 5.41) is 0. The summed E-state index contributed by atoms with van der Waals surface area (Å²) in [7, 11) is 0. The number of rotatable bonds is 1. The summed E-state index contributed by atoms with van der Waals surface area (Å²) in [5.74, 6) is 0.476. The van der Waals surface area contributed by atoms with Crippen LogP contribution in [0.3, 0.4) is 0 Å². The van der Waals surface area contributed by atoms with Gasteiger partial charge in [0.25, 0.3) is 0 Å². The Morgan fingerprint density at radius 1 is 0.889 bits per heavy atom. The Bertz CT molecular complexity index is 855. The monoisotopic (exact) mass is 362 g/mol. The summed E-state index contributed by atoms with van der Waals surface area (Å²) < 4.78 is 19.6. The van der Waals surface area contributed by atoms with Crippen LogP contribution < -0.4 is 4.74 Å². The van der Waals surface area contributed by atoms with Crippen LogP contribution in [0.15, 0.2) is 48.5 Å². The van der Waals surface area contributed by atoms with E-state index in [-0.39, 0.29) is 12.2 Å². The van der Waals surface area contributed by atoms with Gasteiger partial charge in [-0.15, -0.1) is 0 Å². The summed E-state index contributed by atoms with van der Waals surface area (Å²) in [6.45, 7) is 0.844. The van der Waals surface area contributed by atoms with Crippen molar-refractivity contribution in [1.29, 1.82) is 0 Å². The molecule has 0 amide bonds. The minimum atomic E-state index is -0.501. The molecule has 4 aliphatic rings. The Kier molecular flexibility index (Phi) is 3.48. The minimum Gasteiger partial charge on any atom is -0.462 e. The fraction of sp³-hybridized carbons (Fsp3) is 0.500. The fourth-order valence-electron chi connectivity index (χ4n) is 5.88. The number of hydrogen-bond acceptors (Lipinski definition) is 3. The Hall–Kier alpha value is -1.84. The molecule has 2 aromatic rings. The maximum absolute atomic E-state index is 6.66. The quantitative estimate of drug-likeness (QED) is 0.670. The third-order valence-corrected chi connectivity index (χ3v) is 7.13. The number of benzene rings is 2. The van der Waals surface area contributed by atoms with Gasteiger partial charge in [0.1, 0.15) is 5.75 Å². The molecule has 3 unspecified atom stereocenters. The minimum absolute atomic E-state index is 0.0560. The molecule has 0 N–H and O–H groups in total. The van der Waals surface area contributed by atoms with E-state index in [4.69, 9.17) is 14.2 Å². The van der Waals surface area contributed by atoms with Crippen molar-refractivity contribution >= 4 is 0 Å². The molecule has 0 aromatic heterocycles. The number of ether oxygens (including phenoxy) is 3. The molecule has 3 heterocycles. The van der Waals surface area contributed by atoms with E-state index in [0.717, 1.165) is 31.6 Å². The van der Waals surface area contributed by atoms with Crippen LogP contribution in [0.25, 0.3) is 0 Å². The van der Waals surface area contributed by atoms with E-state index in [0.29, 0.717) is 5.41 Å². The Balaban J connectivity index is 1.36. The summed E-state index contributed by atoms with van der Waals surface area (Å²) in [6, 6.07) is 17.1. The number of hydrogen-bond donors (Lipinski definition) is 0. The molecule has 3 heteroatoms. The van der Waals surface area contributed by atoms with E-state index in [1.807, 2.05) is 0 Å². The average molecular weight is 362 g/mol. The zero-order chi connectivity index (χ0) is 17.9. The lowest BCUT2D eigenvalue weighted by molar-refractivity contribution is -0.197. The highest BCUT2D eigenvalue weighted by molar-refractivity contribution is 5.46. The zero-order valence-electron chi connectivity index (χ0n) is 15.7. The SMILES string of the molecule is c1ccc(C2Cc3cccc4c3C(CC3(CC5(CCCC5)CO3)O4)O2)cc1. The van der Waals surface area contributed by atoms with Crippen LogP contribution in [0, 0.1) is 5.41 Å². The molecule has 1 saturated carbocycles. The van der Waals surface area contributed by atoms with E-state index < -0.39 is 5.79 Å².